The summed E-state index contributed by atoms with van der Waals surface area (Å²) in [5, 5.41) is 6.28. The van der Waals surface area contributed by atoms with E-state index in [4.69, 9.17) is 23.2 Å². The van der Waals surface area contributed by atoms with E-state index in [9.17, 15) is 4.79 Å². The molecular weight excluding hydrogens is 383 g/mol. The van der Waals surface area contributed by atoms with E-state index in [1.807, 2.05) is 24.4 Å². The van der Waals surface area contributed by atoms with Crippen molar-refractivity contribution in [3.05, 3.63) is 44.9 Å². The van der Waals surface area contributed by atoms with Crippen LogP contribution in [0.25, 0.3) is 0 Å². The summed E-state index contributed by atoms with van der Waals surface area (Å²) in [7, 11) is 0. The van der Waals surface area contributed by atoms with Crippen molar-refractivity contribution in [1.82, 2.24) is 10.3 Å². The highest BCUT2D eigenvalue weighted by atomic mass is 35.5. The molecule has 0 fully saturated rings. The van der Waals surface area contributed by atoms with Crippen molar-refractivity contribution in [1.29, 1.82) is 0 Å². The van der Waals surface area contributed by atoms with Crippen LogP contribution < -0.4 is 5.32 Å². The second-order valence-electron chi connectivity index (χ2n) is 5.50. The van der Waals surface area contributed by atoms with E-state index in [1.54, 1.807) is 17.4 Å². The van der Waals surface area contributed by atoms with Gasteiger partial charge in [-0.2, -0.15) is 0 Å². The number of thioether (sulfide) groups is 1. The van der Waals surface area contributed by atoms with E-state index in [-0.39, 0.29) is 11.8 Å². The van der Waals surface area contributed by atoms with Gasteiger partial charge in [0.15, 0.2) is 4.34 Å². The van der Waals surface area contributed by atoms with Gasteiger partial charge in [0.2, 0.25) is 5.91 Å². The van der Waals surface area contributed by atoms with Crippen molar-refractivity contribution in [2.24, 2.45) is 0 Å². The van der Waals surface area contributed by atoms with Crippen molar-refractivity contribution in [2.75, 3.05) is 12.3 Å². The molecule has 1 N–H and O–H groups in total. The van der Waals surface area contributed by atoms with E-state index < -0.39 is 0 Å². The molecule has 3 nitrogen and oxygen atoms in total. The highest BCUT2D eigenvalue weighted by Gasteiger charge is 2.16. The summed E-state index contributed by atoms with van der Waals surface area (Å²) < 4.78 is 0.925. The predicted molar refractivity (Wildman–Crippen MR) is 105 cm³/mol. The third kappa shape index (κ3) is 5.96. The fourth-order valence-electron chi connectivity index (χ4n) is 2.36. The van der Waals surface area contributed by atoms with Crippen molar-refractivity contribution in [2.45, 2.75) is 36.9 Å². The first-order valence-electron chi connectivity index (χ1n) is 7.76. The number of nitrogens with one attached hydrogen (secondary N) is 1. The molecule has 1 amide bonds. The number of halogens is 2. The Morgan fingerprint density at radius 3 is 2.83 bits per heavy atom. The Morgan fingerprint density at radius 2 is 2.21 bits per heavy atom. The molecule has 1 aromatic heterocycles. The van der Waals surface area contributed by atoms with Gasteiger partial charge in [0.05, 0.1) is 5.75 Å². The van der Waals surface area contributed by atoms with Gasteiger partial charge in [-0.25, -0.2) is 4.98 Å². The van der Waals surface area contributed by atoms with Crippen LogP contribution in [0.1, 0.15) is 36.9 Å². The van der Waals surface area contributed by atoms with Gasteiger partial charge in [-0.3, -0.25) is 4.79 Å². The Bertz CT molecular complexity index is 691. The zero-order chi connectivity index (χ0) is 17.5. The lowest BCUT2D eigenvalue weighted by Crippen LogP contribution is -2.30. The van der Waals surface area contributed by atoms with Crippen molar-refractivity contribution < 1.29 is 4.79 Å². The van der Waals surface area contributed by atoms with E-state index >= 15 is 0 Å². The first kappa shape index (κ1) is 19.6. The molecule has 1 aromatic carbocycles. The zero-order valence-electron chi connectivity index (χ0n) is 13.6. The summed E-state index contributed by atoms with van der Waals surface area (Å²) in [6, 6.07) is 5.54. The molecule has 2 rings (SSSR count). The van der Waals surface area contributed by atoms with Crippen LogP contribution in [0.5, 0.6) is 0 Å². The molecule has 24 heavy (non-hydrogen) atoms. The standard InChI is InChI=1S/C17H20Cl2N2OS2/c1-3-4-12(14-6-5-13(18)7-15(14)19)8-20-16(22)10-24-17-21-11(2)9-23-17/h5-7,9,12H,3-4,8,10H2,1-2H3,(H,20,22)/t12-/m0/s1. The molecular formula is C17H20Cl2N2OS2. The smallest absolute Gasteiger partial charge is 0.230 e. The van der Waals surface area contributed by atoms with Crippen LogP contribution in [0.4, 0.5) is 0 Å². The number of amides is 1. The van der Waals surface area contributed by atoms with Crippen LogP contribution in [0, 0.1) is 6.92 Å². The monoisotopic (exact) mass is 402 g/mol. The number of hydrogen-bond acceptors (Lipinski definition) is 4. The Labute approximate surface area is 161 Å². The summed E-state index contributed by atoms with van der Waals surface area (Å²) in [4.78, 5) is 16.4. The molecule has 2 aromatic rings. The number of hydrogen-bond donors (Lipinski definition) is 1. The van der Waals surface area contributed by atoms with E-state index in [0.29, 0.717) is 22.3 Å². The minimum atomic E-state index is 0.0130. The first-order chi connectivity index (χ1) is 11.5. The summed E-state index contributed by atoms with van der Waals surface area (Å²) in [6.07, 6.45) is 1.98. The highest BCUT2D eigenvalue weighted by molar-refractivity contribution is 8.01. The molecule has 0 aliphatic heterocycles. The van der Waals surface area contributed by atoms with Crippen LogP contribution in [-0.4, -0.2) is 23.2 Å². The van der Waals surface area contributed by atoms with Gasteiger partial charge in [0, 0.05) is 33.6 Å². The summed E-state index contributed by atoms with van der Waals surface area (Å²) in [6.45, 7) is 4.65. The van der Waals surface area contributed by atoms with Crippen molar-refractivity contribution in [3.63, 3.8) is 0 Å². The normalized spacial score (nSPS) is 12.2. The number of carbonyl (C=O) groups is 1. The second-order valence-corrected chi connectivity index (χ2v) is 8.42. The number of nitrogens with zero attached hydrogens (tertiary/aromatic N) is 1. The number of rotatable bonds is 8. The number of aryl methyl sites for hydroxylation is 1. The van der Waals surface area contributed by atoms with Gasteiger partial charge < -0.3 is 5.32 Å². The fraction of sp³-hybridized carbons (Fsp3) is 0.412. The molecule has 130 valence electrons. The zero-order valence-corrected chi connectivity index (χ0v) is 16.8. The molecule has 0 bridgehead atoms. The molecule has 7 heteroatoms. The summed E-state index contributed by atoms with van der Waals surface area (Å²) >= 11 is 15.3. The Kier molecular flexibility index (Phi) is 7.88. The van der Waals surface area contributed by atoms with E-state index in [1.165, 1.54) is 11.8 Å². The maximum absolute atomic E-state index is 12.1. The predicted octanol–water partition coefficient (Wildman–Crippen LogP) is 5.55. The van der Waals surface area contributed by atoms with Crippen molar-refractivity contribution in [3.8, 4) is 0 Å². The number of aromatic nitrogens is 1. The van der Waals surface area contributed by atoms with Gasteiger partial charge in [-0.1, -0.05) is 54.4 Å². The topological polar surface area (TPSA) is 42.0 Å². The molecule has 0 aliphatic carbocycles. The lowest BCUT2D eigenvalue weighted by Gasteiger charge is -2.19. The fourth-order valence-corrected chi connectivity index (χ4v) is 4.60. The second kappa shape index (κ2) is 9.66. The van der Waals surface area contributed by atoms with E-state index in [0.717, 1.165) is 28.4 Å². The summed E-state index contributed by atoms with van der Waals surface area (Å²) in [5.74, 6) is 0.579. The number of thiazole rings is 1. The molecule has 0 unspecified atom stereocenters. The average molecular weight is 403 g/mol. The average Bonchev–Trinajstić information content (AvgIpc) is 2.95. The van der Waals surface area contributed by atoms with Gasteiger partial charge in [0.1, 0.15) is 0 Å². The third-order valence-electron chi connectivity index (χ3n) is 3.51. The molecule has 0 saturated carbocycles. The molecule has 0 spiro atoms. The number of benzene rings is 1. The van der Waals surface area contributed by atoms with Gasteiger partial charge in [-0.05, 0) is 31.0 Å². The molecule has 1 atom stereocenters. The highest BCUT2D eigenvalue weighted by Crippen LogP contribution is 2.30. The van der Waals surface area contributed by atoms with Crippen molar-refractivity contribution >= 4 is 52.2 Å². The van der Waals surface area contributed by atoms with Crippen LogP contribution >= 0.6 is 46.3 Å². The Morgan fingerprint density at radius 1 is 1.42 bits per heavy atom. The first-order valence-corrected chi connectivity index (χ1v) is 10.4. The SMILES string of the molecule is CCC[C@@H](CNC(=O)CSc1nc(C)cs1)c1ccc(Cl)cc1Cl. The van der Waals surface area contributed by atoms with Crippen LogP contribution in [0.15, 0.2) is 27.9 Å². The Balaban J connectivity index is 1.89. The largest absolute Gasteiger partial charge is 0.355 e. The van der Waals surface area contributed by atoms with Crippen LogP contribution in [-0.2, 0) is 4.79 Å². The molecule has 1 heterocycles. The van der Waals surface area contributed by atoms with Gasteiger partial charge in [-0.15, -0.1) is 11.3 Å². The lowest BCUT2D eigenvalue weighted by atomic mass is 9.94. The molecule has 0 saturated heterocycles. The van der Waals surface area contributed by atoms with Crippen LogP contribution in [0.2, 0.25) is 10.0 Å². The minimum Gasteiger partial charge on any atom is -0.355 e. The molecule has 0 aliphatic rings. The summed E-state index contributed by atoms with van der Waals surface area (Å²) in [5.41, 5.74) is 2.02. The minimum absolute atomic E-state index is 0.0130. The maximum atomic E-state index is 12.1. The van der Waals surface area contributed by atoms with E-state index in [2.05, 4.69) is 17.2 Å². The number of carbonyl (C=O) groups excluding carboxylic acids is 1. The van der Waals surface area contributed by atoms with Crippen LogP contribution in [0.3, 0.4) is 0 Å². The lowest BCUT2D eigenvalue weighted by molar-refractivity contribution is -0.118. The quantitative estimate of drug-likeness (QED) is 0.588. The third-order valence-corrected chi connectivity index (χ3v) is 6.21. The molecule has 0 radical (unpaired) electrons. The Hall–Kier alpha value is -0.750. The maximum Gasteiger partial charge on any atom is 0.230 e. The van der Waals surface area contributed by atoms with Gasteiger partial charge in [0.25, 0.3) is 0 Å². The van der Waals surface area contributed by atoms with Gasteiger partial charge >= 0.3 is 0 Å².